The van der Waals surface area contributed by atoms with Crippen LogP contribution in [-0.4, -0.2) is 30.0 Å². The summed E-state index contributed by atoms with van der Waals surface area (Å²) in [4.78, 5) is 13.6. The van der Waals surface area contributed by atoms with Crippen molar-refractivity contribution in [2.24, 2.45) is 5.92 Å². The largest absolute Gasteiger partial charge is 0.382 e. The van der Waals surface area contributed by atoms with Crippen molar-refractivity contribution in [3.63, 3.8) is 0 Å². The summed E-state index contributed by atoms with van der Waals surface area (Å²) in [5.74, 6) is 0.356. The van der Waals surface area contributed by atoms with Gasteiger partial charge in [-0.05, 0) is 35.5 Å². The first-order valence-electron chi connectivity index (χ1n) is 5.12. The van der Waals surface area contributed by atoms with Crippen LogP contribution in [0.4, 0.5) is 11.5 Å². The molecule has 1 atom stereocenters. The molecule has 1 heterocycles. The maximum atomic E-state index is 10.4. The van der Waals surface area contributed by atoms with Crippen LogP contribution in [0, 0.1) is 16.0 Å². The van der Waals surface area contributed by atoms with Gasteiger partial charge in [-0.3, -0.25) is 0 Å². The van der Waals surface area contributed by atoms with Crippen molar-refractivity contribution >= 4 is 11.5 Å². The predicted molar refractivity (Wildman–Crippen MR) is 62.5 cm³/mol. The molecule has 1 aromatic heterocycles. The second kappa shape index (κ2) is 6.02. The van der Waals surface area contributed by atoms with Gasteiger partial charge in [-0.25, -0.2) is 0 Å². The fourth-order valence-electron chi connectivity index (χ4n) is 1.31. The Morgan fingerprint density at radius 1 is 1.50 bits per heavy atom. The van der Waals surface area contributed by atoms with E-state index in [0.717, 1.165) is 18.8 Å². The van der Waals surface area contributed by atoms with E-state index in [1.165, 1.54) is 12.3 Å². The number of nitrogens with zero attached hydrogens (tertiary/aromatic N) is 2. The third-order valence-electron chi connectivity index (χ3n) is 2.14. The number of nitrogens with one attached hydrogen (secondary N) is 2. The maximum absolute atomic E-state index is 10.4. The van der Waals surface area contributed by atoms with Crippen LogP contribution < -0.4 is 10.6 Å². The summed E-state index contributed by atoms with van der Waals surface area (Å²) in [6, 6.07) is 3.06. The summed E-state index contributed by atoms with van der Waals surface area (Å²) in [7, 11) is 1.91. The lowest BCUT2D eigenvalue weighted by atomic mass is 10.2. The van der Waals surface area contributed by atoms with Crippen LogP contribution in [0.25, 0.3) is 0 Å². The van der Waals surface area contributed by atoms with E-state index in [2.05, 4.69) is 22.5 Å². The van der Waals surface area contributed by atoms with E-state index < -0.39 is 4.92 Å². The molecule has 2 N–H and O–H groups in total. The Hall–Kier alpha value is -1.69. The topological polar surface area (TPSA) is 80.1 Å². The average Bonchev–Trinajstić information content (AvgIpc) is 2.27. The van der Waals surface area contributed by atoms with E-state index >= 15 is 0 Å². The Balaban J connectivity index is 2.46. The number of anilines is 1. The highest BCUT2D eigenvalue weighted by Gasteiger charge is 2.06. The summed E-state index contributed by atoms with van der Waals surface area (Å²) >= 11 is 0. The summed E-state index contributed by atoms with van der Waals surface area (Å²) in [5, 5.41) is 16.6. The molecule has 0 aromatic carbocycles. The third kappa shape index (κ3) is 3.82. The van der Waals surface area contributed by atoms with Crippen molar-refractivity contribution in [1.29, 1.82) is 0 Å². The number of hydrogen-bond donors (Lipinski definition) is 2. The molecule has 88 valence electrons. The van der Waals surface area contributed by atoms with E-state index in [1.807, 2.05) is 7.05 Å². The van der Waals surface area contributed by atoms with Gasteiger partial charge in [-0.2, -0.15) is 0 Å². The Labute approximate surface area is 94.2 Å². The summed E-state index contributed by atoms with van der Waals surface area (Å²) in [5.41, 5.74) is 0.800. The number of hydrogen-bond acceptors (Lipinski definition) is 5. The molecule has 6 nitrogen and oxygen atoms in total. The van der Waals surface area contributed by atoms with Gasteiger partial charge in [-0.1, -0.05) is 6.92 Å². The van der Waals surface area contributed by atoms with Crippen molar-refractivity contribution in [1.82, 2.24) is 10.3 Å². The first kappa shape index (κ1) is 12.4. The van der Waals surface area contributed by atoms with E-state index in [1.54, 1.807) is 6.07 Å². The van der Waals surface area contributed by atoms with Gasteiger partial charge >= 0.3 is 5.82 Å². The van der Waals surface area contributed by atoms with Gasteiger partial charge in [0.25, 0.3) is 0 Å². The Kier molecular flexibility index (Phi) is 4.65. The van der Waals surface area contributed by atoms with Gasteiger partial charge in [0.2, 0.25) is 0 Å². The molecule has 16 heavy (non-hydrogen) atoms. The van der Waals surface area contributed by atoms with Gasteiger partial charge in [0.15, 0.2) is 6.20 Å². The summed E-state index contributed by atoms with van der Waals surface area (Å²) in [6.07, 6.45) is 1.48. The van der Waals surface area contributed by atoms with Gasteiger partial charge in [0.1, 0.15) is 0 Å². The maximum Gasteiger partial charge on any atom is 0.363 e. The molecule has 6 heteroatoms. The second-order valence-electron chi connectivity index (χ2n) is 3.71. The molecular formula is C10H16N4O2. The van der Waals surface area contributed by atoms with E-state index in [4.69, 9.17) is 0 Å². The number of pyridine rings is 1. The third-order valence-corrected chi connectivity index (χ3v) is 2.14. The summed E-state index contributed by atoms with van der Waals surface area (Å²) < 4.78 is 0. The molecular weight excluding hydrogens is 208 g/mol. The first-order valence-corrected chi connectivity index (χ1v) is 5.12. The van der Waals surface area contributed by atoms with Crippen LogP contribution in [0.5, 0.6) is 0 Å². The lowest BCUT2D eigenvalue weighted by Crippen LogP contribution is -2.22. The molecule has 0 fully saturated rings. The summed E-state index contributed by atoms with van der Waals surface area (Å²) in [6.45, 7) is 3.84. The van der Waals surface area contributed by atoms with Gasteiger partial charge < -0.3 is 20.7 Å². The monoisotopic (exact) mass is 224 g/mol. The molecule has 0 saturated carbocycles. The van der Waals surface area contributed by atoms with Crippen LogP contribution in [0.1, 0.15) is 6.92 Å². The van der Waals surface area contributed by atoms with Crippen molar-refractivity contribution in [3.05, 3.63) is 28.4 Å². The van der Waals surface area contributed by atoms with Crippen molar-refractivity contribution in [3.8, 4) is 0 Å². The lowest BCUT2D eigenvalue weighted by molar-refractivity contribution is -0.389. The highest BCUT2D eigenvalue weighted by atomic mass is 16.6. The van der Waals surface area contributed by atoms with Crippen molar-refractivity contribution in [2.45, 2.75) is 6.92 Å². The molecule has 0 radical (unpaired) electrons. The minimum atomic E-state index is -0.507. The molecule has 0 amide bonds. The van der Waals surface area contributed by atoms with Gasteiger partial charge in [-0.15, -0.1) is 0 Å². The van der Waals surface area contributed by atoms with Crippen molar-refractivity contribution in [2.75, 3.05) is 25.5 Å². The highest BCUT2D eigenvalue weighted by molar-refractivity contribution is 5.43. The first-order chi connectivity index (χ1) is 7.63. The lowest BCUT2D eigenvalue weighted by Gasteiger charge is -2.11. The number of aromatic nitrogens is 1. The normalized spacial score (nSPS) is 12.1. The average molecular weight is 224 g/mol. The molecule has 0 aliphatic rings. The zero-order chi connectivity index (χ0) is 12.0. The fraction of sp³-hybridized carbons (Fsp3) is 0.500. The number of nitro groups is 1. The SMILES string of the molecule is CNCC(C)CNc1ccc([N+](=O)[O-])nc1. The minimum Gasteiger partial charge on any atom is -0.382 e. The molecule has 1 unspecified atom stereocenters. The zero-order valence-corrected chi connectivity index (χ0v) is 9.43. The van der Waals surface area contributed by atoms with Gasteiger partial charge in [0.05, 0.1) is 5.69 Å². The fourth-order valence-corrected chi connectivity index (χ4v) is 1.31. The van der Waals surface area contributed by atoms with Crippen LogP contribution in [0.2, 0.25) is 0 Å². The number of rotatable bonds is 6. The predicted octanol–water partition coefficient (Wildman–Crippen LogP) is 1.26. The highest BCUT2D eigenvalue weighted by Crippen LogP contribution is 2.11. The Morgan fingerprint density at radius 2 is 2.25 bits per heavy atom. The quantitative estimate of drug-likeness (QED) is 0.561. The Bertz CT molecular complexity index is 339. The van der Waals surface area contributed by atoms with E-state index in [-0.39, 0.29) is 5.82 Å². The minimum absolute atomic E-state index is 0.131. The standard InChI is InChI=1S/C10H16N4O2/c1-8(5-11-2)6-12-9-3-4-10(13-7-9)14(15)16/h3-4,7-8,11-12H,5-6H2,1-2H3. The smallest absolute Gasteiger partial charge is 0.363 e. The van der Waals surface area contributed by atoms with Gasteiger partial charge in [0, 0.05) is 12.6 Å². The van der Waals surface area contributed by atoms with E-state index in [0.29, 0.717) is 5.92 Å². The molecule has 0 bridgehead atoms. The van der Waals surface area contributed by atoms with Crippen LogP contribution >= 0.6 is 0 Å². The molecule has 0 aliphatic carbocycles. The zero-order valence-electron chi connectivity index (χ0n) is 9.43. The van der Waals surface area contributed by atoms with Crippen molar-refractivity contribution < 1.29 is 4.92 Å². The Morgan fingerprint density at radius 3 is 2.75 bits per heavy atom. The van der Waals surface area contributed by atoms with Crippen LogP contribution in [0.3, 0.4) is 0 Å². The van der Waals surface area contributed by atoms with Crippen LogP contribution in [-0.2, 0) is 0 Å². The molecule has 0 saturated heterocycles. The molecule has 0 spiro atoms. The molecule has 1 aromatic rings. The molecule has 1 rings (SSSR count). The second-order valence-corrected chi connectivity index (χ2v) is 3.71. The molecule has 0 aliphatic heterocycles. The van der Waals surface area contributed by atoms with E-state index in [9.17, 15) is 10.1 Å². The van der Waals surface area contributed by atoms with Crippen LogP contribution in [0.15, 0.2) is 18.3 Å².